The number of aliphatic hydroxyl groups is 19. The average molecular weight is 975 g/mol. The fourth-order valence-corrected chi connectivity index (χ4v) is 8.12. The summed E-state index contributed by atoms with van der Waals surface area (Å²) in [5.74, 6) is 0. The van der Waals surface area contributed by atoms with Crippen LogP contribution in [0.25, 0.3) is 0 Å². The zero-order valence-electron chi connectivity index (χ0n) is 34.8. The van der Waals surface area contributed by atoms with Gasteiger partial charge in [0.25, 0.3) is 0 Å². The summed E-state index contributed by atoms with van der Waals surface area (Å²) >= 11 is 0. The predicted octanol–water partition coefficient (Wildman–Crippen LogP) is -13.1. The van der Waals surface area contributed by atoms with Gasteiger partial charge in [-0.3, -0.25) is 0 Å². The normalized spacial score (nSPS) is 54.0. The lowest BCUT2D eigenvalue weighted by molar-refractivity contribution is -0.388. The Morgan fingerprint density at radius 2 is 0.652 bits per heavy atom. The van der Waals surface area contributed by atoms with Crippen molar-refractivity contribution in [3.05, 3.63) is 0 Å². The Balaban J connectivity index is 1.19. The molecule has 30 atom stereocenters. The molecule has 6 fully saturated rings. The number of aliphatic hydroxyl groups excluding tert-OH is 19. The molecule has 386 valence electrons. The molecule has 19 N–H and O–H groups in total. The van der Waals surface area contributed by atoms with Gasteiger partial charge < -0.3 is 149 Å². The van der Waals surface area contributed by atoms with Crippen LogP contribution in [-0.4, -0.2) is 314 Å². The maximum Gasteiger partial charge on any atom is 0.187 e. The first kappa shape index (κ1) is 54.1. The van der Waals surface area contributed by atoms with Crippen LogP contribution in [0.4, 0.5) is 0 Å². The van der Waals surface area contributed by atoms with Gasteiger partial charge in [0.05, 0.1) is 39.1 Å². The second-order valence-corrected chi connectivity index (χ2v) is 16.9. The maximum absolute atomic E-state index is 11.5. The van der Waals surface area contributed by atoms with Crippen LogP contribution in [0.5, 0.6) is 0 Å². The lowest BCUT2D eigenvalue weighted by Gasteiger charge is -2.48. The van der Waals surface area contributed by atoms with Gasteiger partial charge >= 0.3 is 0 Å². The molecule has 6 heterocycles. The van der Waals surface area contributed by atoms with Crippen LogP contribution in [0.3, 0.4) is 0 Å². The van der Waals surface area contributed by atoms with E-state index in [0.29, 0.717) is 0 Å². The molecule has 0 aromatic carbocycles. The standard InChI is InChI=1S/C36H62O30/c1-7-13(39)29(65-34-27(53)21(47)15(41)9(3-38)62-34)28(54)35(59-7)66-30-23(49)18(44)12(5-57-32-25(51)20(46)14(40)8(2-37)61-32)64-36(30)58-6-11-17(43)22(48)26(52)33(63-11)56-4-10-16(42)19(45)24(50)31(55)60-10/h7-55H,2-6H2,1H3/t7-,8+,9+,10+,11+,12+,13+,14-,15+,16+,17-,18-,19-,20-,21-,22-,23-,24-,25+,26+,27-,28-,29+,30+,31-,32-,33+,34+,35-,36-/m0/s1. The first-order valence-corrected chi connectivity index (χ1v) is 21.0. The number of hydrogen-bond donors (Lipinski definition) is 19. The summed E-state index contributed by atoms with van der Waals surface area (Å²) in [7, 11) is 0. The van der Waals surface area contributed by atoms with Gasteiger partial charge in [0.15, 0.2) is 37.7 Å². The highest BCUT2D eigenvalue weighted by molar-refractivity contribution is 4.98. The summed E-state index contributed by atoms with van der Waals surface area (Å²) in [6.45, 7) is -2.78. The van der Waals surface area contributed by atoms with Gasteiger partial charge in [0.1, 0.15) is 140 Å². The molecule has 0 saturated carbocycles. The fourth-order valence-electron chi connectivity index (χ4n) is 8.12. The predicted molar refractivity (Wildman–Crippen MR) is 198 cm³/mol. The van der Waals surface area contributed by atoms with E-state index < -0.39 is 217 Å². The van der Waals surface area contributed by atoms with Crippen molar-refractivity contribution in [2.24, 2.45) is 0 Å². The third kappa shape index (κ3) is 11.3. The van der Waals surface area contributed by atoms with Gasteiger partial charge in [-0.15, -0.1) is 0 Å². The smallest absolute Gasteiger partial charge is 0.187 e. The molecule has 0 aliphatic carbocycles. The zero-order chi connectivity index (χ0) is 48.6. The van der Waals surface area contributed by atoms with Crippen molar-refractivity contribution in [3.63, 3.8) is 0 Å². The summed E-state index contributed by atoms with van der Waals surface area (Å²) in [6, 6.07) is 0. The average Bonchev–Trinajstić information content (AvgIpc) is 3.30. The Kier molecular flexibility index (Phi) is 18.8. The van der Waals surface area contributed by atoms with E-state index in [1.807, 2.05) is 0 Å². The second-order valence-electron chi connectivity index (χ2n) is 16.9. The van der Waals surface area contributed by atoms with Gasteiger partial charge in [-0.1, -0.05) is 0 Å². The lowest BCUT2D eigenvalue weighted by Crippen LogP contribution is -2.66. The highest BCUT2D eigenvalue weighted by atomic mass is 16.8. The van der Waals surface area contributed by atoms with Crippen LogP contribution >= 0.6 is 0 Å². The Morgan fingerprint density at radius 1 is 0.303 bits per heavy atom. The monoisotopic (exact) mass is 974 g/mol. The molecule has 0 spiro atoms. The summed E-state index contributed by atoms with van der Waals surface area (Å²) in [5.41, 5.74) is 0. The Morgan fingerprint density at radius 3 is 1.15 bits per heavy atom. The van der Waals surface area contributed by atoms with Crippen LogP contribution in [0.1, 0.15) is 6.92 Å². The van der Waals surface area contributed by atoms with Crippen LogP contribution in [-0.2, 0) is 52.1 Å². The molecule has 0 bridgehead atoms. The summed E-state index contributed by atoms with van der Waals surface area (Å²) < 4.78 is 61.2. The van der Waals surface area contributed by atoms with E-state index in [9.17, 15) is 97.0 Å². The summed E-state index contributed by atoms with van der Waals surface area (Å²) in [4.78, 5) is 0. The molecule has 30 nitrogen and oxygen atoms in total. The molecule has 6 aliphatic heterocycles. The van der Waals surface area contributed by atoms with Crippen molar-refractivity contribution >= 4 is 0 Å². The van der Waals surface area contributed by atoms with E-state index >= 15 is 0 Å². The van der Waals surface area contributed by atoms with Gasteiger partial charge in [-0.05, 0) is 6.92 Å². The van der Waals surface area contributed by atoms with Gasteiger partial charge in [0, 0.05) is 0 Å². The van der Waals surface area contributed by atoms with Gasteiger partial charge in [-0.2, -0.15) is 0 Å². The van der Waals surface area contributed by atoms with E-state index in [1.165, 1.54) is 6.92 Å². The molecular formula is C36H62O30. The fraction of sp³-hybridized carbons (Fsp3) is 1.00. The SMILES string of the molecule is C[C@@H]1O[C@@H](O[C@H]2[C@@H](OC[C@H]3O[C@@H](OC[C@H]4O[C@H](O)[C@@H](O)[C@@H](O)[C@@H]4O)[C@H](O)[C@@H](O)[C@H]3O)O[C@H](CO[C@H]3O[C@H](CO)[C@H](O)[C@H](O)[C@H]3O)[C@H](O)[C@@H]2O)[C@@H](O)[C@H](O[C@H]2O[C@H](CO)[C@@H](O)[C@H](O)[C@@H]2O)[C@@H]1O. The molecule has 6 saturated heterocycles. The minimum Gasteiger partial charge on any atom is -0.394 e. The summed E-state index contributed by atoms with van der Waals surface area (Å²) in [6.07, 6.45) is -54.9. The van der Waals surface area contributed by atoms with Crippen LogP contribution in [0.2, 0.25) is 0 Å². The highest BCUT2D eigenvalue weighted by Gasteiger charge is 2.55. The van der Waals surface area contributed by atoms with Crippen molar-refractivity contribution in [2.45, 2.75) is 191 Å². The Bertz CT molecular complexity index is 1490. The molecule has 0 aromatic rings. The number of rotatable bonds is 15. The van der Waals surface area contributed by atoms with E-state index in [4.69, 9.17) is 52.1 Å². The third-order valence-corrected chi connectivity index (χ3v) is 12.3. The van der Waals surface area contributed by atoms with E-state index in [1.54, 1.807) is 0 Å². The van der Waals surface area contributed by atoms with Gasteiger partial charge in [0.2, 0.25) is 0 Å². The van der Waals surface area contributed by atoms with Crippen molar-refractivity contribution in [1.82, 2.24) is 0 Å². The minimum absolute atomic E-state index is 0.736. The van der Waals surface area contributed by atoms with Crippen LogP contribution in [0, 0.1) is 0 Å². The Hall–Kier alpha value is -1.20. The van der Waals surface area contributed by atoms with Gasteiger partial charge in [-0.25, -0.2) is 0 Å². The quantitative estimate of drug-likeness (QED) is 0.0724. The summed E-state index contributed by atoms with van der Waals surface area (Å²) in [5, 5.41) is 198. The van der Waals surface area contributed by atoms with E-state index in [0.717, 1.165) is 0 Å². The largest absolute Gasteiger partial charge is 0.394 e. The Labute approximate surface area is 373 Å². The van der Waals surface area contributed by atoms with Crippen molar-refractivity contribution in [1.29, 1.82) is 0 Å². The van der Waals surface area contributed by atoms with Crippen LogP contribution < -0.4 is 0 Å². The van der Waals surface area contributed by atoms with Crippen molar-refractivity contribution in [3.8, 4) is 0 Å². The topological polar surface area (TPSA) is 486 Å². The maximum atomic E-state index is 11.5. The van der Waals surface area contributed by atoms with Crippen molar-refractivity contribution < 1.29 is 149 Å². The van der Waals surface area contributed by atoms with Crippen molar-refractivity contribution in [2.75, 3.05) is 33.0 Å². The molecule has 66 heavy (non-hydrogen) atoms. The highest BCUT2D eigenvalue weighted by Crippen LogP contribution is 2.34. The number of ether oxygens (including phenoxy) is 11. The molecule has 6 rings (SSSR count). The first-order valence-electron chi connectivity index (χ1n) is 21.0. The van der Waals surface area contributed by atoms with E-state index in [-0.39, 0.29) is 0 Å². The third-order valence-electron chi connectivity index (χ3n) is 12.3. The van der Waals surface area contributed by atoms with Crippen LogP contribution in [0.15, 0.2) is 0 Å². The molecule has 0 aromatic heterocycles. The molecule has 0 amide bonds. The second kappa shape index (κ2) is 22.9. The molecule has 30 heteroatoms. The minimum atomic E-state index is -2.12. The molecular weight excluding hydrogens is 912 g/mol. The first-order chi connectivity index (χ1) is 31.1. The molecule has 0 unspecified atom stereocenters. The number of hydrogen-bond acceptors (Lipinski definition) is 30. The van der Waals surface area contributed by atoms with E-state index in [2.05, 4.69) is 0 Å². The molecule has 0 radical (unpaired) electrons. The molecule has 6 aliphatic rings. The zero-order valence-corrected chi connectivity index (χ0v) is 34.8. The lowest BCUT2D eigenvalue weighted by atomic mass is 9.96.